The number of aromatic nitrogens is 2. The number of rotatable bonds is 7. The number of benzene rings is 3. The third kappa shape index (κ3) is 5.15. The van der Waals surface area contributed by atoms with E-state index in [9.17, 15) is 9.50 Å². The van der Waals surface area contributed by atoms with Crippen molar-refractivity contribution in [3.05, 3.63) is 59.4 Å². The van der Waals surface area contributed by atoms with E-state index in [2.05, 4.69) is 15.8 Å². The molecular formula is C36H37F3N4O3. The summed E-state index contributed by atoms with van der Waals surface area (Å²) in [5, 5.41) is 11.9. The van der Waals surface area contributed by atoms with Crippen molar-refractivity contribution in [2.24, 2.45) is 0 Å². The number of hydrogen-bond donors (Lipinski definition) is 1. The molecule has 0 radical (unpaired) electrons. The van der Waals surface area contributed by atoms with Gasteiger partial charge in [-0.05, 0) is 75.1 Å². The highest BCUT2D eigenvalue weighted by atomic mass is 19.1. The lowest BCUT2D eigenvalue weighted by Crippen LogP contribution is -2.48. The predicted octanol–water partition coefficient (Wildman–Crippen LogP) is 6.22. The number of anilines is 1. The molecule has 46 heavy (non-hydrogen) atoms. The van der Waals surface area contributed by atoms with Crippen molar-refractivity contribution in [1.82, 2.24) is 14.9 Å². The zero-order chi connectivity index (χ0) is 32.2. The van der Waals surface area contributed by atoms with E-state index in [4.69, 9.17) is 20.9 Å². The van der Waals surface area contributed by atoms with E-state index in [-0.39, 0.29) is 51.1 Å². The molecule has 3 aromatic carbocycles. The van der Waals surface area contributed by atoms with Gasteiger partial charge in [-0.15, -0.1) is 6.42 Å². The van der Waals surface area contributed by atoms with Crippen molar-refractivity contribution in [1.29, 1.82) is 0 Å². The Kier molecular flexibility index (Phi) is 7.82. The quantitative estimate of drug-likeness (QED) is 0.243. The third-order valence-corrected chi connectivity index (χ3v) is 10.1. The van der Waals surface area contributed by atoms with Gasteiger partial charge in [0.15, 0.2) is 5.82 Å². The van der Waals surface area contributed by atoms with Crippen LogP contribution in [0.1, 0.15) is 51.0 Å². The molecule has 4 aromatic rings. The fourth-order valence-corrected chi connectivity index (χ4v) is 8.00. The molecule has 10 heteroatoms. The number of piperidine rings is 1. The molecule has 7 nitrogen and oxygen atoms in total. The summed E-state index contributed by atoms with van der Waals surface area (Å²) < 4.78 is 59.6. The van der Waals surface area contributed by atoms with Gasteiger partial charge in [0.1, 0.15) is 29.6 Å². The Morgan fingerprint density at radius 3 is 2.67 bits per heavy atom. The average molecular weight is 631 g/mol. The van der Waals surface area contributed by atoms with Gasteiger partial charge in [0.05, 0.1) is 28.9 Å². The first-order valence-electron chi connectivity index (χ1n) is 15.9. The number of terminal acetylenes is 1. The van der Waals surface area contributed by atoms with Crippen LogP contribution in [0.5, 0.6) is 6.01 Å². The Labute approximate surface area is 266 Å². The van der Waals surface area contributed by atoms with Crippen molar-refractivity contribution < 1.29 is 27.8 Å². The normalized spacial score (nSPS) is 24.9. The van der Waals surface area contributed by atoms with Crippen LogP contribution in [-0.2, 0) is 4.74 Å². The van der Waals surface area contributed by atoms with Crippen LogP contribution in [-0.4, -0.2) is 77.1 Å². The lowest BCUT2D eigenvalue weighted by atomic mass is 9.92. The first-order valence-corrected chi connectivity index (χ1v) is 15.9. The zero-order valence-electron chi connectivity index (χ0n) is 26.1. The van der Waals surface area contributed by atoms with Gasteiger partial charge in [0, 0.05) is 37.0 Å². The van der Waals surface area contributed by atoms with E-state index in [1.807, 2.05) is 4.90 Å². The molecule has 1 aromatic heterocycles. The van der Waals surface area contributed by atoms with E-state index in [1.54, 1.807) is 26.2 Å². The zero-order valence-corrected chi connectivity index (χ0v) is 26.1. The minimum Gasteiger partial charge on any atom is -0.461 e. The second kappa shape index (κ2) is 11.7. The topological polar surface area (TPSA) is 71.0 Å². The van der Waals surface area contributed by atoms with Crippen LogP contribution >= 0.6 is 0 Å². The van der Waals surface area contributed by atoms with Crippen LogP contribution in [0.25, 0.3) is 32.8 Å². The van der Waals surface area contributed by atoms with Gasteiger partial charge < -0.3 is 19.5 Å². The number of nitrogens with zero attached hydrogens (tertiary/aromatic N) is 4. The standard InChI is InChI=1S/C36H37F3N4O3/c1-4-24-27(37)11-10-22-8-5-9-25(29(22)24)30-28(38)18-26-32(31(30)39)40-34(41-33(26)42-16-6-13-35(2,44)20-42)46-21-36-14-7-17-43(36)23(12-15-36)19-45-3/h1,5,8-11,18,23,44H,6-7,12-17,19-21H2,2-3H3/t23-,35+,36-/m0/s1. The summed E-state index contributed by atoms with van der Waals surface area (Å²) in [6.45, 7) is 4.43. The molecule has 0 amide bonds. The smallest absolute Gasteiger partial charge is 0.319 e. The van der Waals surface area contributed by atoms with E-state index in [0.29, 0.717) is 49.8 Å². The largest absolute Gasteiger partial charge is 0.461 e. The molecule has 3 aliphatic heterocycles. The number of aliphatic hydroxyl groups is 1. The highest BCUT2D eigenvalue weighted by Gasteiger charge is 2.49. The number of halogens is 3. The fourth-order valence-electron chi connectivity index (χ4n) is 8.00. The Morgan fingerprint density at radius 2 is 1.89 bits per heavy atom. The predicted molar refractivity (Wildman–Crippen MR) is 171 cm³/mol. The Bertz CT molecular complexity index is 1880. The van der Waals surface area contributed by atoms with Gasteiger partial charge in [0.25, 0.3) is 0 Å². The van der Waals surface area contributed by atoms with Crippen LogP contribution < -0.4 is 9.64 Å². The Morgan fingerprint density at radius 1 is 1.07 bits per heavy atom. The molecule has 0 unspecified atom stereocenters. The van der Waals surface area contributed by atoms with E-state index >= 15 is 8.78 Å². The van der Waals surface area contributed by atoms with Crippen molar-refractivity contribution in [3.63, 3.8) is 0 Å². The molecule has 3 saturated heterocycles. The first-order chi connectivity index (χ1) is 22.1. The maximum atomic E-state index is 16.8. The highest BCUT2D eigenvalue weighted by Crippen LogP contribution is 2.44. The molecule has 7 rings (SSSR count). The molecule has 4 heterocycles. The number of methoxy groups -OCH3 is 1. The van der Waals surface area contributed by atoms with Crippen molar-refractivity contribution in [2.75, 3.05) is 44.9 Å². The van der Waals surface area contributed by atoms with Gasteiger partial charge in [-0.25, -0.2) is 13.2 Å². The van der Waals surface area contributed by atoms with E-state index in [1.165, 1.54) is 24.3 Å². The molecule has 3 atom stereocenters. The molecule has 0 bridgehead atoms. The van der Waals surface area contributed by atoms with E-state index < -0.39 is 23.1 Å². The summed E-state index contributed by atoms with van der Waals surface area (Å²) in [6.07, 6.45) is 10.9. The fraction of sp³-hybridized carbons (Fsp3) is 0.444. The summed E-state index contributed by atoms with van der Waals surface area (Å²) in [5.74, 6) is 0.219. The van der Waals surface area contributed by atoms with Gasteiger partial charge in [-0.3, -0.25) is 4.90 Å². The van der Waals surface area contributed by atoms with E-state index in [0.717, 1.165) is 32.2 Å². The molecule has 3 fully saturated rings. The second-order valence-electron chi connectivity index (χ2n) is 13.2. The molecule has 0 saturated carbocycles. The van der Waals surface area contributed by atoms with Gasteiger partial charge in [0.2, 0.25) is 0 Å². The monoisotopic (exact) mass is 630 g/mol. The maximum Gasteiger partial charge on any atom is 0.319 e. The summed E-state index contributed by atoms with van der Waals surface area (Å²) in [7, 11) is 1.71. The van der Waals surface area contributed by atoms with Crippen LogP contribution in [0.2, 0.25) is 0 Å². The second-order valence-corrected chi connectivity index (χ2v) is 13.2. The number of β-amino-alcohol motifs (C(OH)–C–C–N with tert-alkyl or cyclic N) is 1. The number of hydrogen-bond acceptors (Lipinski definition) is 7. The number of fused-ring (bicyclic) bond motifs is 3. The van der Waals surface area contributed by atoms with Crippen LogP contribution in [0.4, 0.5) is 19.0 Å². The summed E-state index contributed by atoms with van der Waals surface area (Å²) >= 11 is 0. The summed E-state index contributed by atoms with van der Waals surface area (Å²) in [6, 6.07) is 9.19. The van der Waals surface area contributed by atoms with Crippen LogP contribution in [0.15, 0.2) is 36.4 Å². The first kappa shape index (κ1) is 30.7. The molecule has 1 N–H and O–H groups in total. The van der Waals surface area contributed by atoms with Gasteiger partial charge >= 0.3 is 6.01 Å². The minimum absolute atomic E-state index is 0.0196. The van der Waals surface area contributed by atoms with Crippen LogP contribution in [0.3, 0.4) is 0 Å². The third-order valence-electron chi connectivity index (χ3n) is 10.1. The van der Waals surface area contributed by atoms with Gasteiger partial charge in [-0.2, -0.15) is 9.97 Å². The number of ether oxygens (including phenoxy) is 2. The molecular weight excluding hydrogens is 593 g/mol. The lowest BCUT2D eigenvalue weighted by molar-refractivity contribution is 0.0445. The Hall–Kier alpha value is -3.91. The lowest BCUT2D eigenvalue weighted by Gasteiger charge is -2.38. The highest BCUT2D eigenvalue weighted by molar-refractivity contribution is 6.03. The van der Waals surface area contributed by atoms with Crippen LogP contribution in [0, 0.1) is 29.8 Å². The molecule has 0 spiro atoms. The maximum absolute atomic E-state index is 16.8. The molecule has 240 valence electrons. The molecule has 0 aliphatic carbocycles. The minimum atomic E-state index is -1.00. The summed E-state index contributed by atoms with van der Waals surface area (Å²) in [4.78, 5) is 13.6. The SMILES string of the molecule is C#Cc1c(F)ccc2cccc(-c3c(F)cc4c(N5CCC[C@@](C)(O)C5)nc(OC[C@@]56CCCN5[C@H](COC)CC6)nc4c3F)c12. The average Bonchev–Trinajstić information content (AvgIpc) is 3.60. The summed E-state index contributed by atoms with van der Waals surface area (Å²) in [5.41, 5.74) is -1.63. The molecule has 3 aliphatic rings. The van der Waals surface area contributed by atoms with Crippen molar-refractivity contribution in [2.45, 2.75) is 62.6 Å². The van der Waals surface area contributed by atoms with Crippen molar-refractivity contribution in [3.8, 4) is 29.5 Å². The Balaban J connectivity index is 1.37. The van der Waals surface area contributed by atoms with Crippen molar-refractivity contribution >= 4 is 27.5 Å². The van der Waals surface area contributed by atoms with Gasteiger partial charge in [-0.1, -0.05) is 30.2 Å².